The van der Waals surface area contributed by atoms with Crippen LogP contribution in [-0.2, 0) is 0 Å². The number of hydrogen-bond acceptors (Lipinski definition) is 0. The maximum absolute atomic E-state index is 6.70. The second-order valence-corrected chi connectivity index (χ2v) is 25.0. The summed E-state index contributed by atoms with van der Waals surface area (Å²) in [7, 11) is 13.4. The summed E-state index contributed by atoms with van der Waals surface area (Å²) in [4.78, 5) is 0. The third-order valence-electron chi connectivity index (χ3n) is 3.47. The molecule has 0 atom stereocenters. The molecule has 80 valence electrons. The Labute approximate surface area is 94.7 Å². The van der Waals surface area contributed by atoms with Crippen molar-refractivity contribution in [3.8, 4) is 0 Å². The fourth-order valence-corrected chi connectivity index (χ4v) is 12.7. The molecular weight excluding hydrogens is 310 g/mol. The number of rotatable bonds is 4. The second-order valence-electron chi connectivity index (χ2n) is 5.05. The van der Waals surface area contributed by atoms with Crippen molar-refractivity contribution in [2.45, 2.75) is 61.2 Å². The SMILES string of the molecule is CC[C](C)(C)[Sn]([Cl])([Cl])[C](C)(C)CC. The van der Waals surface area contributed by atoms with E-state index in [4.69, 9.17) is 17.8 Å². The van der Waals surface area contributed by atoms with Gasteiger partial charge in [-0.3, -0.25) is 0 Å². The molecule has 0 rings (SSSR count). The number of halogens is 2. The fourth-order valence-electron chi connectivity index (χ4n) is 1.36. The van der Waals surface area contributed by atoms with Gasteiger partial charge >= 0.3 is 95.2 Å². The Kier molecular flexibility index (Phi) is 4.96. The summed E-state index contributed by atoms with van der Waals surface area (Å²) in [5.41, 5.74) is 0. The normalized spacial score (nSPS) is 14.8. The topological polar surface area (TPSA) is 0 Å². The molecule has 0 aromatic rings. The molecule has 0 aliphatic carbocycles. The quantitative estimate of drug-likeness (QED) is 0.614. The van der Waals surface area contributed by atoms with Crippen molar-refractivity contribution in [2.75, 3.05) is 0 Å². The van der Waals surface area contributed by atoms with E-state index in [1.165, 1.54) is 0 Å². The van der Waals surface area contributed by atoms with Crippen molar-refractivity contribution in [3.05, 3.63) is 0 Å². The minimum atomic E-state index is -3.01. The van der Waals surface area contributed by atoms with Gasteiger partial charge in [-0.1, -0.05) is 0 Å². The maximum atomic E-state index is 6.70. The molecule has 0 aliphatic rings. The Balaban J connectivity index is 4.95. The molecule has 0 aliphatic heterocycles. The Morgan fingerprint density at radius 1 is 0.846 bits per heavy atom. The summed E-state index contributed by atoms with van der Waals surface area (Å²) < 4.78 is 0.328. The average Bonchev–Trinajstić information content (AvgIpc) is 2.03. The summed E-state index contributed by atoms with van der Waals surface area (Å²) in [5.74, 6) is 0. The van der Waals surface area contributed by atoms with Gasteiger partial charge in [0.05, 0.1) is 0 Å². The van der Waals surface area contributed by atoms with E-state index in [1.807, 2.05) is 0 Å². The Hall–Kier alpha value is 1.38. The van der Waals surface area contributed by atoms with Crippen molar-refractivity contribution in [3.63, 3.8) is 0 Å². The van der Waals surface area contributed by atoms with Crippen molar-refractivity contribution in [1.82, 2.24) is 0 Å². The Morgan fingerprint density at radius 2 is 1.08 bits per heavy atom. The monoisotopic (exact) mass is 332 g/mol. The van der Waals surface area contributed by atoms with E-state index in [-0.39, 0.29) is 6.86 Å². The molecule has 0 nitrogen and oxygen atoms in total. The molecule has 0 fully saturated rings. The molecule has 3 heteroatoms. The summed E-state index contributed by atoms with van der Waals surface area (Å²) >= 11 is -3.01. The van der Waals surface area contributed by atoms with Crippen LogP contribution in [0.15, 0.2) is 0 Å². The van der Waals surface area contributed by atoms with E-state index in [1.54, 1.807) is 0 Å². The molecule has 0 saturated carbocycles. The average molecular weight is 332 g/mol. The van der Waals surface area contributed by atoms with Gasteiger partial charge < -0.3 is 0 Å². The van der Waals surface area contributed by atoms with E-state index in [0.717, 1.165) is 12.8 Å². The first kappa shape index (κ1) is 14.4. The van der Waals surface area contributed by atoms with Gasteiger partial charge in [-0.2, -0.15) is 0 Å². The van der Waals surface area contributed by atoms with Crippen LogP contribution in [0.4, 0.5) is 0 Å². The van der Waals surface area contributed by atoms with E-state index < -0.39 is 16.1 Å². The minimum absolute atomic E-state index is 0.164. The van der Waals surface area contributed by atoms with Gasteiger partial charge in [-0.05, 0) is 0 Å². The van der Waals surface area contributed by atoms with Crippen molar-refractivity contribution >= 4 is 34.0 Å². The molecule has 0 saturated heterocycles. The van der Waals surface area contributed by atoms with Crippen LogP contribution in [0.1, 0.15) is 54.4 Å². The molecule has 13 heavy (non-hydrogen) atoms. The molecule has 0 bridgehead atoms. The Morgan fingerprint density at radius 3 is 1.23 bits per heavy atom. The Bertz CT molecular complexity index is 156. The zero-order valence-electron chi connectivity index (χ0n) is 9.67. The predicted octanol–water partition coefficient (Wildman–Crippen LogP) is 5.29. The van der Waals surface area contributed by atoms with Gasteiger partial charge in [0.2, 0.25) is 0 Å². The van der Waals surface area contributed by atoms with Crippen LogP contribution in [0.2, 0.25) is 6.86 Å². The third kappa shape index (κ3) is 2.69. The van der Waals surface area contributed by atoms with Gasteiger partial charge in [0.25, 0.3) is 0 Å². The van der Waals surface area contributed by atoms with Crippen molar-refractivity contribution < 1.29 is 0 Å². The first-order chi connectivity index (χ1) is 5.62. The third-order valence-corrected chi connectivity index (χ3v) is 28.9. The van der Waals surface area contributed by atoms with Crippen LogP contribution in [0.25, 0.3) is 0 Å². The molecule has 0 spiro atoms. The van der Waals surface area contributed by atoms with E-state index >= 15 is 0 Å². The van der Waals surface area contributed by atoms with Crippen LogP contribution in [-0.4, -0.2) is 16.1 Å². The zero-order valence-corrected chi connectivity index (χ0v) is 14.0. The molecule has 0 aromatic heterocycles. The van der Waals surface area contributed by atoms with E-state index in [2.05, 4.69) is 41.5 Å². The van der Waals surface area contributed by atoms with Gasteiger partial charge in [-0.25, -0.2) is 0 Å². The summed E-state index contributed by atoms with van der Waals surface area (Å²) in [6.07, 6.45) is 2.17. The fraction of sp³-hybridized carbons (Fsp3) is 1.00. The van der Waals surface area contributed by atoms with E-state index in [0.29, 0.717) is 0 Å². The molecular formula is C10H22Cl2Sn. The first-order valence-electron chi connectivity index (χ1n) is 5.00. The van der Waals surface area contributed by atoms with Crippen molar-refractivity contribution in [1.29, 1.82) is 0 Å². The molecule has 0 aromatic carbocycles. The molecule has 0 heterocycles. The van der Waals surface area contributed by atoms with Gasteiger partial charge in [0.15, 0.2) is 0 Å². The second kappa shape index (κ2) is 4.49. The summed E-state index contributed by atoms with van der Waals surface area (Å²) in [6.45, 7) is 13.3. The van der Waals surface area contributed by atoms with Crippen LogP contribution in [0, 0.1) is 0 Å². The number of hydrogen-bond donors (Lipinski definition) is 0. The molecule has 0 unspecified atom stereocenters. The predicted molar refractivity (Wildman–Crippen MR) is 66.1 cm³/mol. The van der Waals surface area contributed by atoms with Gasteiger partial charge in [-0.15, -0.1) is 0 Å². The van der Waals surface area contributed by atoms with Gasteiger partial charge in [0, 0.05) is 0 Å². The molecule has 0 N–H and O–H groups in total. The zero-order chi connectivity index (χ0) is 10.9. The van der Waals surface area contributed by atoms with Gasteiger partial charge in [0.1, 0.15) is 0 Å². The first-order valence-corrected chi connectivity index (χ1v) is 15.1. The molecule has 0 radical (unpaired) electrons. The van der Waals surface area contributed by atoms with Crippen LogP contribution >= 0.6 is 17.8 Å². The van der Waals surface area contributed by atoms with Crippen LogP contribution in [0.3, 0.4) is 0 Å². The summed E-state index contributed by atoms with van der Waals surface area (Å²) in [6, 6.07) is 0. The van der Waals surface area contributed by atoms with Crippen LogP contribution in [0.5, 0.6) is 0 Å². The standard InChI is InChI=1S/2C5H11.2ClH.Sn/c2*1-4-5(2)3;;;/h2*4H2,1-3H3;2*1H;/q;;;;+2/p-2. The van der Waals surface area contributed by atoms with Crippen molar-refractivity contribution in [2.24, 2.45) is 0 Å². The van der Waals surface area contributed by atoms with E-state index in [9.17, 15) is 0 Å². The summed E-state index contributed by atoms with van der Waals surface area (Å²) in [5, 5.41) is 0. The van der Waals surface area contributed by atoms with Crippen LogP contribution < -0.4 is 0 Å². The molecule has 0 amide bonds.